The van der Waals surface area contributed by atoms with Gasteiger partial charge in [-0.2, -0.15) is 0 Å². The Labute approximate surface area is 439 Å². The van der Waals surface area contributed by atoms with E-state index in [0.717, 1.165) is 51.2 Å². The van der Waals surface area contributed by atoms with E-state index in [9.17, 15) is 0 Å². The van der Waals surface area contributed by atoms with Crippen molar-refractivity contribution < 1.29 is 0 Å². The van der Waals surface area contributed by atoms with Gasteiger partial charge in [-0.25, -0.2) is 0 Å². The largest absolute Gasteiger partial charge is 0.310 e. The molecule has 0 saturated carbocycles. The normalized spacial score (nSPS) is 12.6. The molecule has 5 heteroatoms. The van der Waals surface area contributed by atoms with Crippen molar-refractivity contribution in [2.45, 2.75) is 19.3 Å². The number of para-hydroxylation sites is 5. The molecule has 352 valence electrons. The van der Waals surface area contributed by atoms with Crippen LogP contribution < -0.4 is 14.7 Å². The number of hydrogen-bond donors (Lipinski definition) is 0. The predicted molar refractivity (Wildman–Crippen MR) is 319 cm³/mol. The molecule has 2 heterocycles. The minimum absolute atomic E-state index is 0.155. The van der Waals surface area contributed by atoms with E-state index in [4.69, 9.17) is 0 Å². The number of anilines is 9. The lowest BCUT2D eigenvalue weighted by molar-refractivity contribution is 0.660. The topological polar surface area (TPSA) is 9.72 Å². The van der Waals surface area contributed by atoms with Gasteiger partial charge in [0.15, 0.2) is 0 Å². The van der Waals surface area contributed by atoms with Crippen molar-refractivity contribution in [3.8, 4) is 22.3 Å². The lowest BCUT2D eigenvalue weighted by Gasteiger charge is -2.34. The summed E-state index contributed by atoms with van der Waals surface area (Å²) in [4.78, 5) is 7.29. The zero-order chi connectivity index (χ0) is 49.3. The molecule has 0 aliphatic heterocycles. The van der Waals surface area contributed by atoms with E-state index in [0.29, 0.717) is 0 Å². The molecule has 0 spiro atoms. The first-order valence-corrected chi connectivity index (χ1v) is 26.9. The summed E-state index contributed by atoms with van der Waals surface area (Å²) in [5, 5.41) is 5.01. The van der Waals surface area contributed by atoms with Crippen LogP contribution in [0.4, 0.5) is 51.2 Å². The maximum absolute atomic E-state index is 2.49. The zero-order valence-corrected chi connectivity index (χ0v) is 42.6. The quantitative estimate of drug-likeness (QED) is 0.135. The fourth-order valence-corrected chi connectivity index (χ4v) is 13.7. The molecule has 74 heavy (non-hydrogen) atoms. The number of fused-ring (bicyclic) bond motifs is 9. The standard InChI is InChI=1S/C69H49N3S2/c1-69(2)61-28-16-15-27-55(61)56-37-32-53(44-62(56)69)71(50-25-13-6-14-26-50)63-29-17-18-30-64(63)72(52-35-40-65-60(43-52)57-36-31-47(41-67(57)73-65)46-19-7-3-8-20-46)54-33-38-58-59-42-51(34-39-66(59)74-68(58)45-54)70(48-21-9-4-10-22-48)49-23-11-5-12-24-49/h3-45H,1-2H3. The Morgan fingerprint density at radius 2 is 0.703 bits per heavy atom. The molecule has 0 bridgehead atoms. The zero-order valence-electron chi connectivity index (χ0n) is 41.0. The van der Waals surface area contributed by atoms with Crippen LogP contribution in [0.5, 0.6) is 0 Å². The van der Waals surface area contributed by atoms with Crippen molar-refractivity contribution in [3.63, 3.8) is 0 Å². The van der Waals surface area contributed by atoms with E-state index in [2.05, 4.69) is 289 Å². The van der Waals surface area contributed by atoms with Crippen molar-refractivity contribution >= 4 is 114 Å². The highest BCUT2D eigenvalue weighted by Crippen LogP contribution is 2.53. The summed E-state index contributed by atoms with van der Waals surface area (Å²) >= 11 is 3.72. The van der Waals surface area contributed by atoms with Gasteiger partial charge in [0, 0.05) is 85.6 Å². The average Bonchev–Trinajstić information content (AvgIpc) is 4.12. The number of benzene rings is 11. The second kappa shape index (κ2) is 17.8. The average molecular weight is 984 g/mol. The Morgan fingerprint density at radius 1 is 0.270 bits per heavy atom. The molecule has 3 nitrogen and oxygen atoms in total. The van der Waals surface area contributed by atoms with Crippen LogP contribution >= 0.6 is 22.7 Å². The van der Waals surface area contributed by atoms with Crippen molar-refractivity contribution in [1.82, 2.24) is 0 Å². The highest BCUT2D eigenvalue weighted by Gasteiger charge is 2.36. The van der Waals surface area contributed by atoms with Crippen LogP contribution in [0.2, 0.25) is 0 Å². The Morgan fingerprint density at radius 3 is 1.32 bits per heavy atom. The Balaban J connectivity index is 0.956. The second-order valence-electron chi connectivity index (χ2n) is 19.7. The Kier molecular flexibility index (Phi) is 10.6. The van der Waals surface area contributed by atoms with Crippen LogP contribution in [-0.4, -0.2) is 0 Å². The predicted octanol–water partition coefficient (Wildman–Crippen LogP) is 20.8. The second-order valence-corrected chi connectivity index (χ2v) is 21.9. The number of rotatable bonds is 10. The molecular formula is C69H49N3S2. The molecule has 11 aromatic carbocycles. The van der Waals surface area contributed by atoms with Gasteiger partial charge in [0.1, 0.15) is 0 Å². The van der Waals surface area contributed by atoms with Gasteiger partial charge < -0.3 is 14.7 Å². The van der Waals surface area contributed by atoms with Crippen molar-refractivity contribution in [1.29, 1.82) is 0 Å². The molecule has 1 aliphatic rings. The van der Waals surface area contributed by atoms with Crippen LogP contribution in [-0.2, 0) is 5.41 Å². The van der Waals surface area contributed by atoms with Gasteiger partial charge in [0.25, 0.3) is 0 Å². The van der Waals surface area contributed by atoms with E-state index in [1.165, 1.54) is 73.7 Å². The molecule has 0 N–H and O–H groups in total. The van der Waals surface area contributed by atoms with Gasteiger partial charge in [-0.15, -0.1) is 22.7 Å². The first kappa shape index (κ1) is 44.0. The molecule has 0 fully saturated rings. The van der Waals surface area contributed by atoms with Crippen LogP contribution in [0.3, 0.4) is 0 Å². The Hall–Kier alpha value is -8.74. The van der Waals surface area contributed by atoms with Gasteiger partial charge in [-0.1, -0.05) is 159 Å². The third-order valence-corrected chi connectivity index (χ3v) is 17.3. The molecular weight excluding hydrogens is 935 g/mol. The third-order valence-electron chi connectivity index (χ3n) is 15.0. The summed E-state index contributed by atoms with van der Waals surface area (Å²) in [6, 6.07) is 95.9. The van der Waals surface area contributed by atoms with E-state index in [-0.39, 0.29) is 5.41 Å². The highest BCUT2D eigenvalue weighted by molar-refractivity contribution is 7.26. The summed E-state index contributed by atoms with van der Waals surface area (Å²) in [5.74, 6) is 0. The van der Waals surface area contributed by atoms with Gasteiger partial charge in [-0.3, -0.25) is 0 Å². The monoisotopic (exact) mass is 983 g/mol. The summed E-state index contributed by atoms with van der Waals surface area (Å²) in [6.45, 7) is 4.73. The number of hydrogen-bond acceptors (Lipinski definition) is 5. The molecule has 0 atom stereocenters. The fourth-order valence-electron chi connectivity index (χ4n) is 11.5. The smallest absolute Gasteiger partial charge is 0.0702 e. The SMILES string of the molecule is CC1(C)c2ccccc2-c2ccc(N(c3ccccc3)c3ccccc3N(c3ccc4c(c3)sc3ccc(N(c5ccccc5)c5ccccc5)cc34)c3ccc4sc5cc(-c6ccccc6)ccc5c4c3)cc21. The van der Waals surface area contributed by atoms with Crippen molar-refractivity contribution in [3.05, 3.63) is 272 Å². The third kappa shape index (κ3) is 7.38. The van der Waals surface area contributed by atoms with Crippen LogP contribution in [0.15, 0.2) is 261 Å². The highest BCUT2D eigenvalue weighted by atomic mass is 32.1. The summed E-state index contributed by atoms with van der Waals surface area (Å²) < 4.78 is 5.04. The molecule has 1 aliphatic carbocycles. The van der Waals surface area contributed by atoms with Crippen molar-refractivity contribution in [2.75, 3.05) is 14.7 Å². The summed E-state index contributed by atoms with van der Waals surface area (Å²) in [6.07, 6.45) is 0. The van der Waals surface area contributed by atoms with Crippen molar-refractivity contribution in [2.24, 2.45) is 0 Å². The molecule has 13 aromatic rings. The van der Waals surface area contributed by atoms with Crippen LogP contribution in [0.1, 0.15) is 25.0 Å². The van der Waals surface area contributed by atoms with Gasteiger partial charge in [0.05, 0.1) is 11.4 Å². The molecule has 0 saturated heterocycles. The molecule has 2 aromatic heterocycles. The first-order chi connectivity index (χ1) is 36.4. The lowest BCUT2D eigenvalue weighted by atomic mass is 9.82. The number of thiophene rings is 2. The maximum Gasteiger partial charge on any atom is 0.0702 e. The minimum atomic E-state index is -0.155. The van der Waals surface area contributed by atoms with E-state index >= 15 is 0 Å². The molecule has 0 radical (unpaired) electrons. The van der Waals surface area contributed by atoms with Gasteiger partial charge >= 0.3 is 0 Å². The Bertz CT molecular complexity index is 4200. The molecule has 14 rings (SSSR count). The summed E-state index contributed by atoms with van der Waals surface area (Å²) in [7, 11) is 0. The van der Waals surface area contributed by atoms with Gasteiger partial charge in [0.2, 0.25) is 0 Å². The van der Waals surface area contributed by atoms with Crippen LogP contribution in [0, 0.1) is 0 Å². The lowest BCUT2D eigenvalue weighted by Crippen LogP contribution is -2.18. The first-order valence-electron chi connectivity index (χ1n) is 25.3. The summed E-state index contributed by atoms with van der Waals surface area (Å²) in [5.41, 5.74) is 17.6. The minimum Gasteiger partial charge on any atom is -0.310 e. The molecule has 0 amide bonds. The van der Waals surface area contributed by atoms with Crippen LogP contribution in [0.25, 0.3) is 62.6 Å². The van der Waals surface area contributed by atoms with E-state index in [1.807, 2.05) is 22.7 Å². The van der Waals surface area contributed by atoms with E-state index in [1.54, 1.807) is 0 Å². The molecule has 0 unspecified atom stereocenters. The number of nitrogens with zero attached hydrogens (tertiary/aromatic N) is 3. The maximum atomic E-state index is 2.49. The fraction of sp³-hybridized carbons (Fsp3) is 0.0435. The van der Waals surface area contributed by atoms with E-state index < -0.39 is 0 Å². The van der Waals surface area contributed by atoms with Gasteiger partial charge in [-0.05, 0) is 149 Å².